The lowest BCUT2D eigenvalue weighted by Crippen LogP contribution is -2.50. The minimum atomic E-state index is -0.457. The lowest BCUT2D eigenvalue weighted by Gasteiger charge is -2.45. The second kappa shape index (κ2) is 8.60. The van der Waals surface area contributed by atoms with Gasteiger partial charge in [0.25, 0.3) is 11.6 Å². The highest BCUT2D eigenvalue weighted by molar-refractivity contribution is 6.07. The molecule has 3 aromatic carbocycles. The number of nitro benzene ring substituents is 1. The van der Waals surface area contributed by atoms with Crippen LogP contribution in [0.1, 0.15) is 42.2 Å². The Labute approximate surface area is 181 Å². The summed E-state index contributed by atoms with van der Waals surface area (Å²) in [4.78, 5) is 25.9. The van der Waals surface area contributed by atoms with Crippen LogP contribution in [0.15, 0.2) is 78.9 Å². The highest BCUT2D eigenvalue weighted by atomic mass is 16.6. The summed E-state index contributed by atoms with van der Waals surface area (Å²) in [5, 5.41) is 14.6. The molecular weight excluding hydrogens is 390 g/mol. The zero-order valence-electron chi connectivity index (χ0n) is 17.6. The first kappa shape index (κ1) is 20.6. The van der Waals surface area contributed by atoms with Crippen molar-refractivity contribution in [3.8, 4) is 0 Å². The van der Waals surface area contributed by atoms with Crippen LogP contribution in [0.25, 0.3) is 0 Å². The first-order valence-corrected chi connectivity index (χ1v) is 10.5. The van der Waals surface area contributed by atoms with E-state index in [9.17, 15) is 14.9 Å². The van der Waals surface area contributed by atoms with Gasteiger partial charge in [-0.05, 0) is 42.3 Å². The second-order valence-electron chi connectivity index (χ2n) is 7.86. The first-order valence-electron chi connectivity index (χ1n) is 10.5. The standard InChI is InChI=1S/C25H25N3O3/c1-3-22-17(2)24(26-19-9-5-4-6-10-19)21-11-7-8-12-23(21)27(22)25(29)18-13-15-20(16-14-18)28(30)31/h4-17,22,24,26H,3H2,1-2H3/t17-,22?,24?/m1/s1. The summed E-state index contributed by atoms with van der Waals surface area (Å²) in [6, 6.07) is 23.9. The molecule has 3 atom stereocenters. The highest BCUT2D eigenvalue weighted by Gasteiger charge is 2.40. The van der Waals surface area contributed by atoms with Crippen molar-refractivity contribution >= 4 is 23.0 Å². The SMILES string of the molecule is CCC1[C@@H](C)C(Nc2ccccc2)c2ccccc2N1C(=O)c1ccc([N+](=O)[O-])cc1. The normalized spacial score (nSPS) is 20.1. The molecule has 0 saturated heterocycles. The number of anilines is 2. The van der Waals surface area contributed by atoms with Crippen LogP contribution in [0.4, 0.5) is 17.1 Å². The number of carbonyl (C=O) groups is 1. The molecule has 1 aliphatic heterocycles. The Hall–Kier alpha value is -3.67. The van der Waals surface area contributed by atoms with Crippen LogP contribution in [-0.4, -0.2) is 16.9 Å². The fraction of sp³-hybridized carbons (Fsp3) is 0.240. The van der Waals surface area contributed by atoms with Gasteiger partial charge in [-0.1, -0.05) is 50.2 Å². The molecular formula is C25H25N3O3. The molecule has 158 valence electrons. The number of nitrogens with one attached hydrogen (secondary N) is 1. The minimum Gasteiger partial charge on any atom is -0.378 e. The molecule has 31 heavy (non-hydrogen) atoms. The van der Waals surface area contributed by atoms with Crippen molar-refractivity contribution < 1.29 is 9.72 Å². The molecule has 0 fully saturated rings. The Morgan fingerprint density at radius 3 is 2.29 bits per heavy atom. The molecule has 4 rings (SSSR count). The van der Waals surface area contributed by atoms with Crippen molar-refractivity contribution in [1.82, 2.24) is 0 Å². The van der Waals surface area contributed by atoms with E-state index < -0.39 is 4.92 Å². The number of rotatable bonds is 5. The van der Waals surface area contributed by atoms with Gasteiger partial charge in [0, 0.05) is 41.0 Å². The van der Waals surface area contributed by atoms with Crippen molar-refractivity contribution in [3.63, 3.8) is 0 Å². The molecule has 3 aromatic rings. The van der Waals surface area contributed by atoms with E-state index in [4.69, 9.17) is 0 Å². The molecule has 0 bridgehead atoms. The number of hydrogen-bond acceptors (Lipinski definition) is 4. The number of para-hydroxylation sites is 2. The Kier molecular flexibility index (Phi) is 5.71. The van der Waals surface area contributed by atoms with E-state index in [1.807, 2.05) is 53.4 Å². The van der Waals surface area contributed by atoms with Crippen molar-refractivity contribution in [2.45, 2.75) is 32.4 Å². The second-order valence-corrected chi connectivity index (χ2v) is 7.86. The fourth-order valence-corrected chi connectivity index (χ4v) is 4.49. The summed E-state index contributed by atoms with van der Waals surface area (Å²) in [5.41, 5.74) is 3.41. The molecule has 0 saturated carbocycles. The zero-order valence-corrected chi connectivity index (χ0v) is 17.6. The molecule has 1 N–H and O–H groups in total. The lowest BCUT2D eigenvalue weighted by atomic mass is 9.80. The van der Waals surface area contributed by atoms with E-state index in [0.717, 1.165) is 23.4 Å². The number of nitrogens with zero attached hydrogens (tertiary/aromatic N) is 2. The van der Waals surface area contributed by atoms with E-state index in [2.05, 4.69) is 25.2 Å². The third kappa shape index (κ3) is 3.89. The number of nitro groups is 1. The van der Waals surface area contributed by atoms with Gasteiger partial charge in [-0.3, -0.25) is 14.9 Å². The third-order valence-corrected chi connectivity index (χ3v) is 6.05. The molecule has 0 radical (unpaired) electrons. The minimum absolute atomic E-state index is 0.0150. The maximum absolute atomic E-state index is 13.6. The number of carbonyl (C=O) groups excluding carboxylic acids is 1. The van der Waals surface area contributed by atoms with E-state index in [0.29, 0.717) is 5.56 Å². The van der Waals surface area contributed by atoms with E-state index in [1.54, 1.807) is 0 Å². The van der Waals surface area contributed by atoms with Crippen LogP contribution in [0.2, 0.25) is 0 Å². The lowest BCUT2D eigenvalue weighted by molar-refractivity contribution is -0.384. The summed E-state index contributed by atoms with van der Waals surface area (Å²) in [5.74, 6) is 0.0151. The predicted octanol–water partition coefficient (Wildman–Crippen LogP) is 5.82. The Morgan fingerprint density at radius 2 is 1.65 bits per heavy atom. The predicted molar refractivity (Wildman–Crippen MR) is 122 cm³/mol. The summed E-state index contributed by atoms with van der Waals surface area (Å²) in [7, 11) is 0. The zero-order chi connectivity index (χ0) is 22.0. The van der Waals surface area contributed by atoms with Gasteiger partial charge in [-0.25, -0.2) is 0 Å². The Morgan fingerprint density at radius 1 is 1.00 bits per heavy atom. The van der Waals surface area contributed by atoms with Crippen molar-refractivity contribution in [3.05, 3.63) is 100 Å². The fourth-order valence-electron chi connectivity index (χ4n) is 4.49. The molecule has 0 spiro atoms. The largest absolute Gasteiger partial charge is 0.378 e. The number of hydrogen-bond donors (Lipinski definition) is 1. The quantitative estimate of drug-likeness (QED) is 0.421. The molecule has 0 aromatic heterocycles. The third-order valence-electron chi connectivity index (χ3n) is 6.05. The first-order chi connectivity index (χ1) is 15.0. The molecule has 2 unspecified atom stereocenters. The van der Waals surface area contributed by atoms with Gasteiger partial charge < -0.3 is 10.2 Å². The number of non-ortho nitro benzene ring substituents is 1. The van der Waals surface area contributed by atoms with Crippen LogP contribution in [0.5, 0.6) is 0 Å². The Bertz CT molecular complexity index is 1080. The maximum atomic E-state index is 13.6. The average Bonchev–Trinajstić information content (AvgIpc) is 2.80. The van der Waals surface area contributed by atoms with Crippen LogP contribution in [0.3, 0.4) is 0 Å². The number of amides is 1. The van der Waals surface area contributed by atoms with Gasteiger partial charge in [-0.2, -0.15) is 0 Å². The topological polar surface area (TPSA) is 75.5 Å². The molecule has 6 heteroatoms. The molecule has 1 heterocycles. The van der Waals surface area contributed by atoms with Gasteiger partial charge in [-0.15, -0.1) is 0 Å². The summed E-state index contributed by atoms with van der Waals surface area (Å²) in [6.07, 6.45) is 0.793. The van der Waals surface area contributed by atoms with Crippen LogP contribution >= 0.6 is 0 Å². The van der Waals surface area contributed by atoms with E-state index in [-0.39, 0.29) is 29.6 Å². The van der Waals surface area contributed by atoms with Crippen molar-refractivity contribution in [2.24, 2.45) is 5.92 Å². The van der Waals surface area contributed by atoms with Crippen LogP contribution in [-0.2, 0) is 0 Å². The van der Waals surface area contributed by atoms with Gasteiger partial charge in [0.2, 0.25) is 0 Å². The van der Waals surface area contributed by atoms with Crippen molar-refractivity contribution in [2.75, 3.05) is 10.2 Å². The maximum Gasteiger partial charge on any atom is 0.269 e. The number of fused-ring (bicyclic) bond motifs is 1. The molecule has 1 aliphatic rings. The smallest absolute Gasteiger partial charge is 0.269 e. The van der Waals surface area contributed by atoms with Crippen LogP contribution < -0.4 is 10.2 Å². The number of benzene rings is 3. The van der Waals surface area contributed by atoms with Gasteiger partial charge in [0.05, 0.1) is 11.0 Å². The monoisotopic (exact) mass is 415 g/mol. The van der Waals surface area contributed by atoms with Crippen molar-refractivity contribution in [1.29, 1.82) is 0 Å². The molecule has 1 amide bonds. The van der Waals surface area contributed by atoms with Crippen LogP contribution in [0, 0.1) is 16.0 Å². The van der Waals surface area contributed by atoms with Gasteiger partial charge in [0.1, 0.15) is 0 Å². The summed E-state index contributed by atoms with van der Waals surface area (Å²) >= 11 is 0. The van der Waals surface area contributed by atoms with E-state index in [1.165, 1.54) is 24.3 Å². The Balaban J connectivity index is 1.74. The summed E-state index contributed by atoms with van der Waals surface area (Å²) < 4.78 is 0. The average molecular weight is 415 g/mol. The molecule has 0 aliphatic carbocycles. The molecule has 6 nitrogen and oxygen atoms in total. The van der Waals surface area contributed by atoms with Gasteiger partial charge in [0.15, 0.2) is 0 Å². The van der Waals surface area contributed by atoms with Gasteiger partial charge >= 0.3 is 0 Å². The highest BCUT2D eigenvalue weighted by Crippen LogP contribution is 2.44. The summed E-state index contributed by atoms with van der Waals surface area (Å²) in [6.45, 7) is 4.26. The van der Waals surface area contributed by atoms with E-state index >= 15 is 0 Å².